The molecule has 154 valence electrons. The fourth-order valence-corrected chi connectivity index (χ4v) is 6.13. The number of aromatic nitrogens is 2. The Hall–Kier alpha value is -0.870. The number of halogens is 2. The molecule has 1 aromatic rings. The van der Waals surface area contributed by atoms with E-state index in [2.05, 4.69) is 20.1 Å². The first kappa shape index (κ1) is 22.4. The lowest BCUT2D eigenvalue weighted by atomic mass is 9.97. The van der Waals surface area contributed by atoms with Crippen LogP contribution in [0, 0.1) is 5.92 Å². The average Bonchev–Trinajstić information content (AvgIpc) is 2.95. The Balaban J connectivity index is 0.00000131. The van der Waals surface area contributed by atoms with Gasteiger partial charge in [-0.25, -0.2) is 13.4 Å². The zero-order valence-corrected chi connectivity index (χ0v) is 17.6. The number of sulfone groups is 1. The third-order valence-corrected chi connectivity index (χ3v) is 7.35. The smallest absolute Gasteiger partial charge is 0.227 e. The Labute approximate surface area is 173 Å². The molecular formula is C16H28Cl2N6O2S. The summed E-state index contributed by atoms with van der Waals surface area (Å²) in [6, 6.07) is 1.85. The maximum absolute atomic E-state index is 12.0. The number of fused-ring (bicyclic) bond motifs is 1. The Bertz CT molecular complexity index is 729. The average molecular weight is 439 g/mol. The number of anilines is 2. The zero-order chi connectivity index (χ0) is 17.4. The van der Waals surface area contributed by atoms with Crippen LogP contribution in [0.5, 0.6) is 0 Å². The second-order valence-electron chi connectivity index (χ2n) is 7.28. The van der Waals surface area contributed by atoms with Crippen molar-refractivity contribution in [2.75, 3.05) is 54.0 Å². The molecule has 3 N–H and O–H groups in total. The highest BCUT2D eigenvalue weighted by atomic mass is 35.5. The van der Waals surface area contributed by atoms with Gasteiger partial charge in [0.25, 0.3) is 0 Å². The van der Waals surface area contributed by atoms with E-state index in [1.54, 1.807) is 6.20 Å². The van der Waals surface area contributed by atoms with Crippen LogP contribution in [-0.2, 0) is 9.84 Å². The lowest BCUT2D eigenvalue weighted by molar-refractivity contribution is 0.409. The molecule has 0 unspecified atom stereocenters. The van der Waals surface area contributed by atoms with E-state index in [0.29, 0.717) is 5.92 Å². The van der Waals surface area contributed by atoms with Crippen LogP contribution >= 0.6 is 24.8 Å². The van der Waals surface area contributed by atoms with Crippen molar-refractivity contribution in [1.82, 2.24) is 15.3 Å². The van der Waals surface area contributed by atoms with Gasteiger partial charge in [-0.1, -0.05) is 0 Å². The minimum Gasteiger partial charge on any atom is -0.350 e. The maximum Gasteiger partial charge on any atom is 0.227 e. The van der Waals surface area contributed by atoms with E-state index in [-0.39, 0.29) is 48.4 Å². The monoisotopic (exact) mass is 438 g/mol. The summed E-state index contributed by atoms with van der Waals surface area (Å²) in [5.41, 5.74) is 5.77. The lowest BCUT2D eigenvalue weighted by Crippen LogP contribution is -2.57. The van der Waals surface area contributed by atoms with Crippen molar-refractivity contribution in [2.24, 2.45) is 11.7 Å². The first-order valence-corrected chi connectivity index (χ1v) is 10.9. The number of nitrogens with one attached hydrogen (secondary N) is 1. The van der Waals surface area contributed by atoms with Crippen molar-refractivity contribution in [1.29, 1.82) is 0 Å². The summed E-state index contributed by atoms with van der Waals surface area (Å²) in [5.74, 6) is 2.59. The molecule has 4 heterocycles. The Morgan fingerprint density at radius 3 is 2.63 bits per heavy atom. The SMILES string of the molecule is Cl.Cl.NCC1CCN(c2nccc(N3CCN[C@H]4CS(=O)(=O)C[C@H]43)n2)CC1. The van der Waals surface area contributed by atoms with Crippen LogP contribution in [0.15, 0.2) is 12.3 Å². The van der Waals surface area contributed by atoms with Crippen molar-refractivity contribution in [2.45, 2.75) is 24.9 Å². The normalized spacial score (nSPS) is 27.4. The highest BCUT2D eigenvalue weighted by molar-refractivity contribution is 7.91. The largest absolute Gasteiger partial charge is 0.350 e. The first-order chi connectivity index (χ1) is 12.1. The zero-order valence-electron chi connectivity index (χ0n) is 15.2. The Morgan fingerprint density at radius 1 is 1.19 bits per heavy atom. The number of piperazine rings is 1. The van der Waals surface area contributed by atoms with Crippen molar-refractivity contribution in [3.63, 3.8) is 0 Å². The molecule has 0 radical (unpaired) electrons. The third-order valence-electron chi connectivity index (χ3n) is 5.64. The van der Waals surface area contributed by atoms with Crippen LogP contribution in [0.1, 0.15) is 12.8 Å². The van der Waals surface area contributed by atoms with Gasteiger partial charge in [-0.2, -0.15) is 4.98 Å². The van der Waals surface area contributed by atoms with E-state index in [0.717, 1.165) is 57.3 Å². The number of nitrogens with zero attached hydrogens (tertiary/aromatic N) is 4. The number of rotatable bonds is 3. The molecule has 3 saturated heterocycles. The summed E-state index contributed by atoms with van der Waals surface area (Å²) in [6.45, 7) is 4.13. The van der Waals surface area contributed by atoms with Crippen molar-refractivity contribution in [3.8, 4) is 0 Å². The molecule has 0 spiro atoms. The van der Waals surface area contributed by atoms with Crippen LogP contribution in [0.3, 0.4) is 0 Å². The van der Waals surface area contributed by atoms with Gasteiger partial charge in [0.2, 0.25) is 5.95 Å². The van der Waals surface area contributed by atoms with E-state index in [1.165, 1.54) is 0 Å². The fraction of sp³-hybridized carbons (Fsp3) is 0.750. The van der Waals surface area contributed by atoms with E-state index in [1.807, 2.05) is 6.07 Å². The van der Waals surface area contributed by atoms with Crippen LogP contribution in [-0.4, -0.2) is 74.7 Å². The highest BCUT2D eigenvalue weighted by Crippen LogP contribution is 2.27. The fourth-order valence-electron chi connectivity index (χ4n) is 4.17. The molecule has 1 aromatic heterocycles. The second kappa shape index (κ2) is 9.09. The van der Waals surface area contributed by atoms with Gasteiger partial charge in [-0.3, -0.25) is 0 Å². The minimum absolute atomic E-state index is 0. The molecule has 8 nitrogen and oxygen atoms in total. The quantitative estimate of drug-likeness (QED) is 0.682. The van der Waals surface area contributed by atoms with Gasteiger partial charge in [-0.05, 0) is 31.4 Å². The van der Waals surface area contributed by atoms with Crippen LogP contribution in [0.2, 0.25) is 0 Å². The molecule has 3 aliphatic heterocycles. The molecule has 27 heavy (non-hydrogen) atoms. The third kappa shape index (κ3) is 4.76. The van der Waals surface area contributed by atoms with Gasteiger partial charge in [0.05, 0.1) is 17.5 Å². The number of nitrogens with two attached hydrogens (primary N) is 1. The molecule has 3 aliphatic rings. The predicted octanol–water partition coefficient (Wildman–Crippen LogP) is 0.0705. The standard InChI is InChI=1S/C16H26N6O2S.2ClH/c17-9-12-2-6-21(7-3-12)16-19-4-1-15(20-16)22-8-5-18-13-10-25(23,24)11-14(13)22;;/h1,4,12-14,18H,2-3,5-11,17H2;2*1H/t13-,14+;;/m0../s1. The number of hydrogen-bond acceptors (Lipinski definition) is 8. The van der Waals surface area contributed by atoms with E-state index >= 15 is 0 Å². The second-order valence-corrected chi connectivity index (χ2v) is 9.43. The molecular weight excluding hydrogens is 411 g/mol. The lowest BCUT2D eigenvalue weighted by Gasteiger charge is -2.38. The Kier molecular flexibility index (Phi) is 7.54. The number of piperidine rings is 1. The van der Waals surface area contributed by atoms with Crippen LogP contribution < -0.4 is 20.9 Å². The minimum atomic E-state index is -2.98. The molecule has 11 heteroatoms. The van der Waals surface area contributed by atoms with Crippen LogP contribution in [0.4, 0.5) is 11.8 Å². The molecule has 0 aliphatic carbocycles. The highest BCUT2D eigenvalue weighted by Gasteiger charge is 2.43. The van der Waals surface area contributed by atoms with Gasteiger partial charge in [-0.15, -0.1) is 24.8 Å². The van der Waals surface area contributed by atoms with Gasteiger partial charge < -0.3 is 20.9 Å². The van der Waals surface area contributed by atoms with Gasteiger partial charge in [0.15, 0.2) is 9.84 Å². The maximum atomic E-state index is 12.0. The summed E-state index contributed by atoms with van der Waals surface area (Å²) in [7, 11) is -2.98. The summed E-state index contributed by atoms with van der Waals surface area (Å²) in [4.78, 5) is 13.6. The summed E-state index contributed by atoms with van der Waals surface area (Å²) < 4.78 is 24.1. The van der Waals surface area contributed by atoms with Crippen molar-refractivity contribution < 1.29 is 8.42 Å². The Morgan fingerprint density at radius 2 is 1.93 bits per heavy atom. The van der Waals surface area contributed by atoms with E-state index in [9.17, 15) is 8.42 Å². The van der Waals surface area contributed by atoms with Crippen LogP contribution in [0.25, 0.3) is 0 Å². The molecule has 0 amide bonds. The van der Waals surface area contributed by atoms with Gasteiger partial charge in [0, 0.05) is 38.4 Å². The van der Waals surface area contributed by atoms with Crippen molar-refractivity contribution >= 4 is 46.4 Å². The molecule has 3 fully saturated rings. The predicted molar refractivity (Wildman–Crippen MR) is 112 cm³/mol. The van der Waals surface area contributed by atoms with E-state index < -0.39 is 9.84 Å². The van der Waals surface area contributed by atoms with Gasteiger partial charge in [0.1, 0.15) is 5.82 Å². The first-order valence-electron chi connectivity index (χ1n) is 9.04. The summed E-state index contributed by atoms with van der Waals surface area (Å²) in [6.07, 6.45) is 3.93. The topological polar surface area (TPSA) is 104 Å². The molecule has 0 saturated carbocycles. The summed E-state index contributed by atoms with van der Waals surface area (Å²) >= 11 is 0. The van der Waals surface area contributed by atoms with E-state index in [4.69, 9.17) is 10.7 Å². The van der Waals surface area contributed by atoms with Gasteiger partial charge >= 0.3 is 0 Å². The number of hydrogen-bond donors (Lipinski definition) is 2. The summed E-state index contributed by atoms with van der Waals surface area (Å²) in [5, 5.41) is 3.34. The molecule has 0 aromatic carbocycles. The molecule has 0 bridgehead atoms. The van der Waals surface area contributed by atoms with Crippen molar-refractivity contribution in [3.05, 3.63) is 12.3 Å². The molecule has 4 rings (SSSR count). The molecule has 2 atom stereocenters.